The molecule has 6 heteroatoms. The largest absolute Gasteiger partial charge is 0.450 e. The standard InChI is InChI=1S/C19H27NO5/c1-3-24-19(22)20-16-17(21)14-11-13(12-7-5-4-6-8-12)9-10-15(14)25-18(16)23-2/h4-8,13-18,21H,3,9-11H2,1-2H3,(H,20,22)/t13-,14-,15+,16-,17-,18+/m0/s1. The predicted octanol–water partition coefficient (Wildman–Crippen LogP) is 2.42. The molecule has 2 N–H and O–H groups in total. The maximum atomic E-state index is 11.8. The molecule has 1 aromatic rings. The van der Waals surface area contributed by atoms with E-state index in [1.807, 2.05) is 18.2 Å². The van der Waals surface area contributed by atoms with Gasteiger partial charge >= 0.3 is 6.09 Å². The lowest BCUT2D eigenvalue weighted by Gasteiger charge is -2.48. The molecule has 0 spiro atoms. The lowest BCUT2D eigenvalue weighted by Crippen LogP contribution is -2.62. The molecule has 1 aliphatic heterocycles. The van der Waals surface area contributed by atoms with E-state index in [1.165, 1.54) is 12.7 Å². The number of carbonyl (C=O) groups excluding carboxylic acids is 1. The number of carbonyl (C=O) groups is 1. The molecule has 6 nitrogen and oxygen atoms in total. The summed E-state index contributed by atoms with van der Waals surface area (Å²) >= 11 is 0. The molecule has 0 aromatic heterocycles. The van der Waals surface area contributed by atoms with E-state index in [2.05, 4.69) is 17.4 Å². The maximum Gasteiger partial charge on any atom is 0.407 e. The minimum Gasteiger partial charge on any atom is -0.450 e. The molecule has 0 radical (unpaired) electrons. The Morgan fingerprint density at radius 2 is 2.08 bits per heavy atom. The van der Waals surface area contributed by atoms with E-state index in [0.717, 1.165) is 19.3 Å². The van der Waals surface area contributed by atoms with Crippen LogP contribution in [0, 0.1) is 5.92 Å². The number of ether oxygens (including phenoxy) is 3. The second-order valence-electron chi connectivity index (χ2n) is 6.74. The zero-order valence-electron chi connectivity index (χ0n) is 14.8. The van der Waals surface area contributed by atoms with Crippen molar-refractivity contribution in [3.8, 4) is 0 Å². The van der Waals surface area contributed by atoms with Gasteiger partial charge in [-0.3, -0.25) is 0 Å². The van der Waals surface area contributed by atoms with Gasteiger partial charge < -0.3 is 24.6 Å². The van der Waals surface area contributed by atoms with Gasteiger partial charge in [0.15, 0.2) is 6.29 Å². The molecule has 2 fully saturated rings. The minimum atomic E-state index is -0.736. The van der Waals surface area contributed by atoms with E-state index in [4.69, 9.17) is 14.2 Å². The van der Waals surface area contributed by atoms with Crippen LogP contribution in [-0.4, -0.2) is 49.5 Å². The van der Waals surface area contributed by atoms with Gasteiger partial charge in [-0.05, 0) is 37.7 Å². The van der Waals surface area contributed by atoms with Crippen molar-refractivity contribution in [2.45, 2.75) is 56.6 Å². The van der Waals surface area contributed by atoms with Gasteiger partial charge in [-0.15, -0.1) is 0 Å². The van der Waals surface area contributed by atoms with Crippen LogP contribution in [0.15, 0.2) is 30.3 Å². The Morgan fingerprint density at radius 3 is 2.76 bits per heavy atom. The van der Waals surface area contributed by atoms with Crippen LogP contribution in [0.1, 0.15) is 37.7 Å². The first kappa shape index (κ1) is 18.2. The Kier molecular flexibility index (Phi) is 5.93. The lowest BCUT2D eigenvalue weighted by molar-refractivity contribution is -0.249. The van der Waals surface area contributed by atoms with Gasteiger partial charge in [-0.1, -0.05) is 30.3 Å². The van der Waals surface area contributed by atoms with Gasteiger partial charge in [0.1, 0.15) is 6.04 Å². The smallest absolute Gasteiger partial charge is 0.407 e. The monoisotopic (exact) mass is 349 g/mol. The van der Waals surface area contributed by atoms with Gasteiger partial charge in [0, 0.05) is 13.0 Å². The number of nitrogens with one attached hydrogen (secondary N) is 1. The first-order chi connectivity index (χ1) is 12.1. The summed E-state index contributed by atoms with van der Waals surface area (Å²) in [5.74, 6) is 0.348. The number of fused-ring (bicyclic) bond motifs is 1. The SMILES string of the molecule is CCOC(=O)N[C@@H]1[C@H](OC)O[C@@H]2CC[C@H](c3ccccc3)C[C@@H]2[C@@H]1O. The fourth-order valence-electron chi connectivity index (χ4n) is 4.08. The topological polar surface area (TPSA) is 77.0 Å². The zero-order valence-corrected chi connectivity index (χ0v) is 14.8. The van der Waals surface area contributed by atoms with Crippen molar-refractivity contribution in [3.05, 3.63) is 35.9 Å². The highest BCUT2D eigenvalue weighted by molar-refractivity contribution is 5.67. The number of aliphatic hydroxyl groups is 1. The number of hydrogen-bond acceptors (Lipinski definition) is 5. The van der Waals surface area contributed by atoms with Crippen molar-refractivity contribution in [3.63, 3.8) is 0 Å². The second-order valence-corrected chi connectivity index (χ2v) is 6.74. The molecule has 1 aliphatic carbocycles. The van der Waals surface area contributed by atoms with Crippen molar-refractivity contribution in [2.24, 2.45) is 5.92 Å². The second kappa shape index (κ2) is 8.17. The third-order valence-corrected chi connectivity index (χ3v) is 5.31. The first-order valence-electron chi connectivity index (χ1n) is 8.98. The van der Waals surface area contributed by atoms with Crippen molar-refractivity contribution < 1.29 is 24.1 Å². The lowest BCUT2D eigenvalue weighted by atomic mass is 9.71. The summed E-state index contributed by atoms with van der Waals surface area (Å²) in [6.45, 7) is 2.01. The molecular formula is C19H27NO5. The first-order valence-corrected chi connectivity index (χ1v) is 8.98. The Bertz CT molecular complexity index is 566. The number of hydrogen-bond donors (Lipinski definition) is 2. The third kappa shape index (κ3) is 3.97. The van der Waals surface area contributed by atoms with Crippen molar-refractivity contribution in [2.75, 3.05) is 13.7 Å². The Balaban J connectivity index is 1.72. The minimum absolute atomic E-state index is 0.0442. The third-order valence-electron chi connectivity index (χ3n) is 5.31. The van der Waals surface area contributed by atoms with E-state index in [0.29, 0.717) is 5.92 Å². The molecule has 0 bridgehead atoms. The molecule has 25 heavy (non-hydrogen) atoms. The molecule has 0 unspecified atom stereocenters. The molecule has 1 heterocycles. The number of rotatable bonds is 4. The summed E-state index contributed by atoms with van der Waals surface area (Å²) in [5.41, 5.74) is 1.29. The van der Waals surface area contributed by atoms with Crippen LogP contribution in [0.2, 0.25) is 0 Å². The highest BCUT2D eigenvalue weighted by Crippen LogP contribution is 2.43. The van der Waals surface area contributed by atoms with Crippen LogP contribution in [0.25, 0.3) is 0 Å². The summed E-state index contributed by atoms with van der Waals surface area (Å²) < 4.78 is 16.3. The van der Waals surface area contributed by atoms with Crippen molar-refractivity contribution >= 4 is 6.09 Å². The van der Waals surface area contributed by atoms with Gasteiger partial charge in [-0.25, -0.2) is 4.79 Å². The van der Waals surface area contributed by atoms with Crippen LogP contribution < -0.4 is 5.32 Å². The normalized spacial score (nSPS) is 34.8. The predicted molar refractivity (Wildman–Crippen MR) is 92.1 cm³/mol. The van der Waals surface area contributed by atoms with E-state index < -0.39 is 24.5 Å². The molecule has 1 aromatic carbocycles. The zero-order chi connectivity index (χ0) is 17.8. The van der Waals surface area contributed by atoms with Gasteiger partial charge in [0.25, 0.3) is 0 Å². The van der Waals surface area contributed by atoms with Crippen molar-refractivity contribution in [1.29, 1.82) is 0 Å². The Labute approximate surface area is 148 Å². The molecule has 138 valence electrons. The van der Waals surface area contributed by atoms with Crippen molar-refractivity contribution in [1.82, 2.24) is 5.32 Å². The van der Waals surface area contributed by atoms with Crippen LogP contribution in [-0.2, 0) is 14.2 Å². The number of methoxy groups -OCH3 is 1. The van der Waals surface area contributed by atoms with Crippen LogP contribution in [0.4, 0.5) is 4.79 Å². The van der Waals surface area contributed by atoms with Gasteiger partial charge in [0.2, 0.25) is 0 Å². The fourth-order valence-corrected chi connectivity index (χ4v) is 4.08. The van der Waals surface area contributed by atoms with E-state index >= 15 is 0 Å². The molecule has 1 saturated carbocycles. The summed E-state index contributed by atoms with van der Waals surface area (Å²) in [6.07, 6.45) is 0.685. The van der Waals surface area contributed by atoms with Crippen LogP contribution in [0.3, 0.4) is 0 Å². The molecule has 1 saturated heterocycles. The molecule has 1 amide bonds. The van der Waals surface area contributed by atoms with Gasteiger partial charge in [-0.2, -0.15) is 0 Å². The highest BCUT2D eigenvalue weighted by atomic mass is 16.7. The summed E-state index contributed by atoms with van der Waals surface area (Å²) in [6, 6.07) is 9.72. The van der Waals surface area contributed by atoms with Gasteiger partial charge in [0.05, 0.1) is 18.8 Å². The summed E-state index contributed by atoms with van der Waals surface area (Å²) in [7, 11) is 1.52. The summed E-state index contributed by atoms with van der Waals surface area (Å²) in [4.78, 5) is 11.8. The highest BCUT2D eigenvalue weighted by Gasteiger charge is 2.48. The fraction of sp³-hybridized carbons (Fsp3) is 0.632. The van der Waals surface area contributed by atoms with E-state index in [9.17, 15) is 9.90 Å². The Hall–Kier alpha value is -1.63. The molecule has 6 atom stereocenters. The molecule has 2 aliphatic rings. The van der Waals surface area contributed by atoms with Crippen LogP contribution in [0.5, 0.6) is 0 Å². The molecule has 3 rings (SSSR count). The van der Waals surface area contributed by atoms with Crippen LogP contribution >= 0.6 is 0 Å². The number of aliphatic hydroxyl groups excluding tert-OH is 1. The Morgan fingerprint density at radius 1 is 1.32 bits per heavy atom. The quantitative estimate of drug-likeness (QED) is 0.873. The maximum absolute atomic E-state index is 11.8. The molecular weight excluding hydrogens is 322 g/mol. The average molecular weight is 349 g/mol. The number of amides is 1. The number of alkyl carbamates (subject to hydrolysis) is 1. The summed E-state index contributed by atoms with van der Waals surface area (Å²) in [5, 5.41) is 13.6. The van der Waals surface area contributed by atoms with E-state index in [1.54, 1.807) is 6.92 Å². The number of benzene rings is 1. The average Bonchev–Trinajstić information content (AvgIpc) is 2.64. The van der Waals surface area contributed by atoms with E-state index in [-0.39, 0.29) is 18.6 Å².